The Kier molecular flexibility index (Phi) is 5.42. The van der Waals surface area contributed by atoms with Crippen LogP contribution in [-0.4, -0.2) is 28.3 Å². The molecule has 0 saturated heterocycles. The molecule has 0 aromatic carbocycles. The number of carboxylic acids is 1. The Morgan fingerprint density at radius 2 is 1.47 bits per heavy atom. The van der Waals surface area contributed by atoms with Gasteiger partial charge >= 0.3 is 12.1 Å². The Balaban J connectivity index is 4.41. The summed E-state index contributed by atoms with van der Waals surface area (Å²) in [4.78, 5) is 22.7. The molecule has 0 fully saturated rings. The predicted molar refractivity (Wildman–Crippen MR) is 74.1 cm³/mol. The van der Waals surface area contributed by atoms with Crippen LogP contribution in [0.3, 0.4) is 0 Å². The molecular formula is C14H27NO4. The molecule has 19 heavy (non-hydrogen) atoms. The highest BCUT2D eigenvalue weighted by atomic mass is 16.6. The van der Waals surface area contributed by atoms with Crippen LogP contribution in [0, 0.1) is 5.41 Å². The van der Waals surface area contributed by atoms with E-state index in [2.05, 4.69) is 5.32 Å². The minimum absolute atomic E-state index is 0.477. The first-order valence-corrected chi connectivity index (χ1v) is 6.50. The predicted octanol–water partition coefficient (Wildman–Crippen LogP) is 3.18. The normalized spacial score (nSPS) is 13.0. The third-order valence-electron chi connectivity index (χ3n) is 2.79. The second-order valence-electron chi connectivity index (χ2n) is 7.20. The van der Waals surface area contributed by atoms with Crippen LogP contribution in [0.2, 0.25) is 0 Å². The topological polar surface area (TPSA) is 75.6 Å². The van der Waals surface area contributed by atoms with Crippen LogP contribution in [-0.2, 0) is 9.53 Å². The monoisotopic (exact) mass is 273 g/mol. The number of hydrogen-bond donors (Lipinski definition) is 2. The van der Waals surface area contributed by atoms with E-state index in [4.69, 9.17) is 9.84 Å². The molecule has 0 aliphatic carbocycles. The lowest BCUT2D eigenvalue weighted by Crippen LogP contribution is -2.46. The third kappa shape index (κ3) is 7.70. The molecule has 1 amide bonds. The summed E-state index contributed by atoms with van der Waals surface area (Å²) in [5, 5.41) is 11.8. The fraction of sp³-hybridized carbons (Fsp3) is 0.857. The molecule has 0 saturated carbocycles. The summed E-state index contributed by atoms with van der Waals surface area (Å²) in [5.74, 6) is -0.833. The van der Waals surface area contributed by atoms with Crippen molar-refractivity contribution < 1.29 is 19.4 Å². The van der Waals surface area contributed by atoms with E-state index in [1.165, 1.54) is 0 Å². The van der Waals surface area contributed by atoms with Crippen molar-refractivity contribution in [3.8, 4) is 0 Å². The van der Waals surface area contributed by atoms with Gasteiger partial charge in [0.2, 0.25) is 0 Å². The van der Waals surface area contributed by atoms with Crippen molar-refractivity contribution in [2.75, 3.05) is 0 Å². The van der Waals surface area contributed by atoms with Crippen LogP contribution in [0.4, 0.5) is 4.79 Å². The molecular weight excluding hydrogens is 246 g/mol. The van der Waals surface area contributed by atoms with Crippen molar-refractivity contribution in [2.45, 2.75) is 72.4 Å². The zero-order valence-electron chi connectivity index (χ0n) is 13.1. The zero-order chi connectivity index (χ0) is 15.5. The summed E-state index contributed by atoms with van der Waals surface area (Å²) in [5.41, 5.74) is -1.84. The minimum Gasteiger partial charge on any atom is -0.481 e. The zero-order valence-corrected chi connectivity index (χ0v) is 13.1. The van der Waals surface area contributed by atoms with E-state index < -0.39 is 28.6 Å². The van der Waals surface area contributed by atoms with Gasteiger partial charge in [0, 0.05) is 5.54 Å². The third-order valence-corrected chi connectivity index (χ3v) is 2.79. The number of ether oxygens (including phenoxy) is 1. The van der Waals surface area contributed by atoms with Gasteiger partial charge in [-0.3, -0.25) is 4.79 Å². The highest BCUT2D eigenvalue weighted by Gasteiger charge is 2.31. The molecule has 0 bridgehead atoms. The molecule has 5 nitrogen and oxygen atoms in total. The second-order valence-corrected chi connectivity index (χ2v) is 7.20. The highest BCUT2D eigenvalue weighted by Crippen LogP contribution is 2.26. The fourth-order valence-electron chi connectivity index (χ4n) is 1.37. The summed E-state index contributed by atoms with van der Waals surface area (Å²) in [6.07, 6.45) is 0.557. The molecule has 0 aromatic rings. The molecule has 0 rings (SSSR count). The molecule has 0 spiro atoms. The standard InChI is InChI=1S/C14H27NO4/c1-12(2,3)19-11(18)15-14(6,7)9-8-13(4,5)10(16)17/h8-9H2,1-7H3,(H,15,18)(H,16,17). The average Bonchev–Trinajstić information content (AvgIpc) is 2.10. The lowest BCUT2D eigenvalue weighted by atomic mass is 9.83. The number of aliphatic carboxylic acids is 1. The summed E-state index contributed by atoms with van der Waals surface area (Å²) in [6, 6.07) is 0. The van der Waals surface area contributed by atoms with Crippen LogP contribution in [0.5, 0.6) is 0 Å². The Bertz CT molecular complexity index is 340. The van der Waals surface area contributed by atoms with Gasteiger partial charge in [-0.15, -0.1) is 0 Å². The average molecular weight is 273 g/mol. The second kappa shape index (κ2) is 5.80. The maximum Gasteiger partial charge on any atom is 0.408 e. The summed E-state index contributed by atoms with van der Waals surface area (Å²) in [7, 11) is 0. The number of amides is 1. The van der Waals surface area contributed by atoms with Crippen LogP contribution in [0.1, 0.15) is 61.3 Å². The molecule has 2 N–H and O–H groups in total. The summed E-state index contributed by atoms with van der Waals surface area (Å²) in [6.45, 7) is 12.5. The summed E-state index contributed by atoms with van der Waals surface area (Å²) < 4.78 is 5.19. The molecule has 0 radical (unpaired) electrons. The number of hydrogen-bond acceptors (Lipinski definition) is 3. The fourth-order valence-corrected chi connectivity index (χ4v) is 1.37. The maximum atomic E-state index is 11.7. The van der Waals surface area contributed by atoms with Gasteiger partial charge in [-0.25, -0.2) is 4.79 Å². The van der Waals surface area contributed by atoms with Gasteiger partial charge in [-0.2, -0.15) is 0 Å². The van der Waals surface area contributed by atoms with Crippen molar-refractivity contribution >= 4 is 12.1 Å². The SMILES string of the molecule is CC(C)(CCC(C)(C)C(=O)O)NC(=O)OC(C)(C)C. The van der Waals surface area contributed by atoms with Crippen LogP contribution >= 0.6 is 0 Å². The number of carbonyl (C=O) groups is 2. The van der Waals surface area contributed by atoms with E-state index in [0.29, 0.717) is 12.8 Å². The first kappa shape index (κ1) is 17.7. The molecule has 112 valence electrons. The Labute approximate surface area is 115 Å². The van der Waals surface area contributed by atoms with Crippen LogP contribution in [0.25, 0.3) is 0 Å². The first-order chi connectivity index (χ1) is 8.25. The van der Waals surface area contributed by atoms with E-state index in [9.17, 15) is 9.59 Å². The van der Waals surface area contributed by atoms with E-state index >= 15 is 0 Å². The Morgan fingerprint density at radius 3 is 1.84 bits per heavy atom. The molecule has 0 aliphatic rings. The Morgan fingerprint density at radius 1 is 1.00 bits per heavy atom. The van der Waals surface area contributed by atoms with Gasteiger partial charge in [0.1, 0.15) is 5.60 Å². The van der Waals surface area contributed by atoms with Gasteiger partial charge in [-0.1, -0.05) is 0 Å². The van der Waals surface area contributed by atoms with Gasteiger partial charge in [-0.05, 0) is 61.3 Å². The van der Waals surface area contributed by atoms with E-state index in [1.54, 1.807) is 34.6 Å². The lowest BCUT2D eigenvalue weighted by Gasteiger charge is -2.31. The molecule has 0 aromatic heterocycles. The van der Waals surface area contributed by atoms with Crippen molar-refractivity contribution in [1.29, 1.82) is 0 Å². The molecule has 5 heteroatoms. The minimum atomic E-state index is -0.833. The maximum absolute atomic E-state index is 11.7. The van der Waals surface area contributed by atoms with Gasteiger partial charge < -0.3 is 15.2 Å². The van der Waals surface area contributed by atoms with Crippen molar-refractivity contribution in [2.24, 2.45) is 5.41 Å². The van der Waals surface area contributed by atoms with E-state index in [-0.39, 0.29) is 0 Å². The van der Waals surface area contributed by atoms with Crippen molar-refractivity contribution in [3.63, 3.8) is 0 Å². The Hall–Kier alpha value is -1.26. The lowest BCUT2D eigenvalue weighted by molar-refractivity contribution is -0.147. The molecule has 0 heterocycles. The summed E-state index contributed by atoms with van der Waals surface area (Å²) >= 11 is 0. The van der Waals surface area contributed by atoms with Crippen molar-refractivity contribution in [3.05, 3.63) is 0 Å². The van der Waals surface area contributed by atoms with Crippen LogP contribution in [0.15, 0.2) is 0 Å². The van der Waals surface area contributed by atoms with Crippen LogP contribution < -0.4 is 5.32 Å². The highest BCUT2D eigenvalue weighted by molar-refractivity contribution is 5.73. The van der Waals surface area contributed by atoms with Gasteiger partial charge in [0.05, 0.1) is 5.41 Å². The smallest absolute Gasteiger partial charge is 0.408 e. The number of carbonyl (C=O) groups excluding carboxylic acids is 1. The van der Waals surface area contributed by atoms with Crippen molar-refractivity contribution in [1.82, 2.24) is 5.32 Å². The first-order valence-electron chi connectivity index (χ1n) is 6.50. The number of nitrogens with one attached hydrogen (secondary N) is 1. The quantitative estimate of drug-likeness (QED) is 0.806. The number of rotatable bonds is 5. The largest absolute Gasteiger partial charge is 0.481 e. The molecule has 0 unspecified atom stereocenters. The number of carboxylic acid groups (broad SMARTS) is 1. The number of alkyl carbamates (subject to hydrolysis) is 1. The molecule has 0 aliphatic heterocycles. The van der Waals surface area contributed by atoms with E-state index in [0.717, 1.165) is 0 Å². The van der Waals surface area contributed by atoms with E-state index in [1.807, 2.05) is 13.8 Å². The van der Waals surface area contributed by atoms with Gasteiger partial charge in [0.25, 0.3) is 0 Å². The van der Waals surface area contributed by atoms with Gasteiger partial charge in [0.15, 0.2) is 0 Å². The molecule has 0 atom stereocenters.